The summed E-state index contributed by atoms with van der Waals surface area (Å²) >= 11 is 0. The lowest BCUT2D eigenvalue weighted by Crippen LogP contribution is -2.30. The summed E-state index contributed by atoms with van der Waals surface area (Å²) < 4.78 is 13.4. The smallest absolute Gasteiger partial charge is 0.323 e. The SMILES string of the molecule is CCN(Cc1cccc(F)c1)C(=O)c1ccc(NC(=O)Nc2ccccc2)cc1. The number of amides is 3. The number of benzene rings is 3. The van der Waals surface area contributed by atoms with Gasteiger partial charge in [-0.05, 0) is 61.0 Å². The van der Waals surface area contributed by atoms with Gasteiger partial charge in [-0.1, -0.05) is 30.3 Å². The first-order valence-electron chi connectivity index (χ1n) is 9.32. The molecule has 6 heteroatoms. The Kier molecular flexibility index (Phi) is 6.58. The summed E-state index contributed by atoms with van der Waals surface area (Å²) in [5, 5.41) is 5.46. The Balaban J connectivity index is 1.62. The zero-order chi connectivity index (χ0) is 20.6. The molecule has 3 amide bonds. The first-order chi connectivity index (χ1) is 14.0. The molecule has 29 heavy (non-hydrogen) atoms. The highest BCUT2D eigenvalue weighted by Crippen LogP contribution is 2.15. The fourth-order valence-electron chi connectivity index (χ4n) is 2.88. The van der Waals surface area contributed by atoms with Crippen LogP contribution in [0.4, 0.5) is 20.6 Å². The van der Waals surface area contributed by atoms with Gasteiger partial charge in [0.1, 0.15) is 5.82 Å². The van der Waals surface area contributed by atoms with Gasteiger partial charge < -0.3 is 15.5 Å². The highest BCUT2D eigenvalue weighted by Gasteiger charge is 2.15. The summed E-state index contributed by atoms with van der Waals surface area (Å²) in [6.07, 6.45) is 0. The third kappa shape index (κ3) is 5.65. The van der Waals surface area contributed by atoms with E-state index in [0.717, 1.165) is 5.56 Å². The molecule has 3 aromatic rings. The van der Waals surface area contributed by atoms with Crippen molar-refractivity contribution in [3.05, 3.63) is 95.8 Å². The first-order valence-corrected chi connectivity index (χ1v) is 9.32. The Morgan fingerprint density at radius 3 is 2.14 bits per heavy atom. The standard InChI is InChI=1S/C23H22FN3O2/c1-2-27(16-17-7-6-8-19(24)15-17)22(28)18-11-13-21(14-12-18)26-23(29)25-20-9-4-3-5-10-20/h3-15H,2,16H2,1H3,(H2,25,26,29). The number of nitrogens with zero attached hydrogens (tertiary/aromatic N) is 1. The van der Waals surface area contributed by atoms with E-state index in [1.54, 1.807) is 53.4 Å². The highest BCUT2D eigenvalue weighted by atomic mass is 19.1. The quantitative estimate of drug-likeness (QED) is 0.612. The number of halogens is 1. The van der Waals surface area contributed by atoms with Gasteiger partial charge in [-0.25, -0.2) is 9.18 Å². The summed E-state index contributed by atoms with van der Waals surface area (Å²) in [5.74, 6) is -0.479. The first kappa shape index (κ1) is 20.1. The number of carbonyl (C=O) groups is 2. The van der Waals surface area contributed by atoms with Crippen LogP contribution < -0.4 is 10.6 Å². The van der Waals surface area contributed by atoms with Crippen LogP contribution in [0.5, 0.6) is 0 Å². The van der Waals surface area contributed by atoms with E-state index in [2.05, 4.69) is 10.6 Å². The Hall–Kier alpha value is -3.67. The maximum absolute atomic E-state index is 13.4. The zero-order valence-electron chi connectivity index (χ0n) is 16.1. The topological polar surface area (TPSA) is 61.4 Å². The molecule has 0 heterocycles. The molecule has 2 N–H and O–H groups in total. The largest absolute Gasteiger partial charge is 0.335 e. The number of anilines is 2. The van der Waals surface area contributed by atoms with Gasteiger partial charge in [0.15, 0.2) is 0 Å². The van der Waals surface area contributed by atoms with Gasteiger partial charge in [0.2, 0.25) is 0 Å². The van der Waals surface area contributed by atoms with Gasteiger partial charge >= 0.3 is 6.03 Å². The van der Waals surface area contributed by atoms with Crippen molar-refractivity contribution in [2.75, 3.05) is 17.2 Å². The molecule has 0 aliphatic heterocycles. The molecule has 0 spiro atoms. The van der Waals surface area contributed by atoms with E-state index >= 15 is 0 Å². The molecule has 0 fully saturated rings. The fraction of sp³-hybridized carbons (Fsp3) is 0.130. The van der Waals surface area contributed by atoms with Gasteiger partial charge in [0.25, 0.3) is 5.91 Å². The number of hydrogen-bond donors (Lipinski definition) is 2. The molecule has 0 aliphatic carbocycles. The minimum absolute atomic E-state index is 0.156. The second-order valence-corrected chi connectivity index (χ2v) is 6.47. The van der Waals surface area contributed by atoms with Crippen LogP contribution in [-0.4, -0.2) is 23.4 Å². The van der Waals surface area contributed by atoms with Crippen LogP contribution in [0.2, 0.25) is 0 Å². The van der Waals surface area contributed by atoms with Crippen molar-refractivity contribution in [2.24, 2.45) is 0 Å². The van der Waals surface area contributed by atoms with E-state index in [1.807, 2.05) is 25.1 Å². The van der Waals surface area contributed by atoms with Crippen LogP contribution in [0.3, 0.4) is 0 Å². The summed E-state index contributed by atoms with van der Waals surface area (Å²) in [6, 6.07) is 21.6. The van der Waals surface area contributed by atoms with Crippen molar-refractivity contribution < 1.29 is 14.0 Å². The molecule has 0 unspecified atom stereocenters. The lowest BCUT2D eigenvalue weighted by molar-refractivity contribution is 0.0752. The second-order valence-electron chi connectivity index (χ2n) is 6.47. The minimum Gasteiger partial charge on any atom is -0.335 e. The predicted molar refractivity (Wildman–Crippen MR) is 112 cm³/mol. The van der Waals surface area contributed by atoms with Crippen LogP contribution in [0, 0.1) is 5.82 Å². The zero-order valence-corrected chi connectivity index (χ0v) is 16.1. The van der Waals surface area contributed by atoms with Crippen LogP contribution in [-0.2, 0) is 6.54 Å². The molecular weight excluding hydrogens is 369 g/mol. The van der Waals surface area contributed by atoms with Crippen molar-refractivity contribution in [1.82, 2.24) is 4.90 Å². The average Bonchev–Trinajstić information content (AvgIpc) is 2.73. The Morgan fingerprint density at radius 2 is 1.52 bits per heavy atom. The molecule has 3 rings (SSSR count). The van der Waals surface area contributed by atoms with E-state index in [0.29, 0.717) is 30.0 Å². The van der Waals surface area contributed by atoms with Gasteiger partial charge in [0, 0.05) is 30.0 Å². The van der Waals surface area contributed by atoms with E-state index in [-0.39, 0.29) is 17.8 Å². The number of rotatable bonds is 6. The predicted octanol–water partition coefficient (Wildman–Crippen LogP) is 5.13. The van der Waals surface area contributed by atoms with E-state index in [4.69, 9.17) is 0 Å². The molecule has 0 atom stereocenters. The maximum atomic E-state index is 13.4. The number of para-hydroxylation sites is 1. The minimum atomic E-state index is -0.364. The fourth-order valence-corrected chi connectivity index (χ4v) is 2.88. The monoisotopic (exact) mass is 391 g/mol. The van der Waals surface area contributed by atoms with Crippen LogP contribution >= 0.6 is 0 Å². The molecule has 148 valence electrons. The van der Waals surface area contributed by atoms with Crippen molar-refractivity contribution >= 4 is 23.3 Å². The number of nitrogens with one attached hydrogen (secondary N) is 2. The normalized spacial score (nSPS) is 10.3. The number of urea groups is 1. The summed E-state index contributed by atoms with van der Waals surface area (Å²) in [5.41, 5.74) is 2.49. The van der Waals surface area contributed by atoms with E-state index < -0.39 is 0 Å². The maximum Gasteiger partial charge on any atom is 0.323 e. The lowest BCUT2D eigenvalue weighted by atomic mass is 10.1. The molecule has 0 bridgehead atoms. The van der Waals surface area contributed by atoms with E-state index in [9.17, 15) is 14.0 Å². The Labute approximate surface area is 169 Å². The molecule has 0 saturated carbocycles. The lowest BCUT2D eigenvalue weighted by Gasteiger charge is -2.21. The van der Waals surface area contributed by atoms with E-state index in [1.165, 1.54) is 12.1 Å². The average molecular weight is 391 g/mol. The molecular formula is C23H22FN3O2. The summed E-state index contributed by atoms with van der Waals surface area (Å²) in [7, 11) is 0. The molecule has 3 aromatic carbocycles. The summed E-state index contributed by atoms with van der Waals surface area (Å²) in [4.78, 5) is 26.5. The van der Waals surface area contributed by atoms with Crippen LogP contribution in [0.25, 0.3) is 0 Å². The van der Waals surface area contributed by atoms with Gasteiger partial charge in [0.05, 0.1) is 0 Å². The number of carbonyl (C=O) groups excluding carboxylic acids is 2. The third-order valence-electron chi connectivity index (χ3n) is 4.35. The number of hydrogen-bond acceptors (Lipinski definition) is 2. The Morgan fingerprint density at radius 1 is 0.862 bits per heavy atom. The van der Waals surface area contributed by atoms with Gasteiger partial charge in [-0.3, -0.25) is 4.79 Å². The van der Waals surface area contributed by atoms with Gasteiger partial charge in [-0.2, -0.15) is 0 Å². The van der Waals surface area contributed by atoms with Crippen molar-refractivity contribution in [1.29, 1.82) is 0 Å². The second kappa shape index (κ2) is 9.50. The molecule has 0 aliphatic rings. The molecule has 5 nitrogen and oxygen atoms in total. The highest BCUT2D eigenvalue weighted by molar-refractivity contribution is 6.00. The van der Waals surface area contributed by atoms with Crippen molar-refractivity contribution in [2.45, 2.75) is 13.5 Å². The van der Waals surface area contributed by atoms with Crippen molar-refractivity contribution in [3.63, 3.8) is 0 Å². The van der Waals surface area contributed by atoms with Crippen LogP contribution in [0.15, 0.2) is 78.9 Å². The summed E-state index contributed by atoms with van der Waals surface area (Å²) in [6.45, 7) is 2.70. The third-order valence-corrected chi connectivity index (χ3v) is 4.35. The van der Waals surface area contributed by atoms with Crippen molar-refractivity contribution in [3.8, 4) is 0 Å². The molecule has 0 aromatic heterocycles. The Bertz CT molecular complexity index is 975. The van der Waals surface area contributed by atoms with Gasteiger partial charge in [-0.15, -0.1) is 0 Å². The molecule has 0 radical (unpaired) electrons. The molecule has 0 saturated heterocycles. The van der Waals surface area contributed by atoms with Crippen LogP contribution in [0.1, 0.15) is 22.8 Å².